The number of methoxy groups -OCH3 is 1. The van der Waals surface area contributed by atoms with Gasteiger partial charge in [-0.1, -0.05) is 6.07 Å². The number of carbonyl (C=O) groups is 1. The fourth-order valence-corrected chi connectivity index (χ4v) is 1.38. The van der Waals surface area contributed by atoms with E-state index in [0.717, 1.165) is 5.56 Å². The van der Waals surface area contributed by atoms with Gasteiger partial charge in [-0.15, -0.1) is 0 Å². The molecule has 1 rings (SSSR count). The number of halogens is 2. The highest BCUT2D eigenvalue weighted by Gasteiger charge is 2.04. The summed E-state index contributed by atoms with van der Waals surface area (Å²) in [5.41, 5.74) is 0.813. The molecule has 0 unspecified atom stereocenters. The van der Waals surface area contributed by atoms with Crippen LogP contribution in [0.2, 0.25) is 0 Å². The normalized spacial score (nSPS) is 9.93. The van der Waals surface area contributed by atoms with Crippen molar-refractivity contribution in [1.82, 2.24) is 0 Å². The Kier molecular flexibility index (Phi) is 4.31. The summed E-state index contributed by atoms with van der Waals surface area (Å²) in [5.74, 6) is -0.517. The molecule has 0 aromatic heterocycles. The van der Waals surface area contributed by atoms with E-state index in [2.05, 4.69) is 4.74 Å². The minimum Gasteiger partial charge on any atom is -0.469 e. The van der Waals surface area contributed by atoms with E-state index >= 15 is 0 Å². The first-order valence-electron chi connectivity index (χ1n) is 4.14. The highest BCUT2D eigenvalue weighted by molar-refractivity contribution is 14.1. The maximum atomic E-state index is 13.1. The van der Waals surface area contributed by atoms with Crippen molar-refractivity contribution in [3.05, 3.63) is 33.1 Å². The van der Waals surface area contributed by atoms with Crippen LogP contribution < -0.4 is 0 Å². The number of hydrogen-bond acceptors (Lipinski definition) is 2. The smallest absolute Gasteiger partial charge is 0.305 e. The molecule has 4 heteroatoms. The molecule has 0 fully saturated rings. The van der Waals surface area contributed by atoms with Crippen LogP contribution in [0.1, 0.15) is 12.0 Å². The molecule has 14 heavy (non-hydrogen) atoms. The third kappa shape index (κ3) is 3.25. The van der Waals surface area contributed by atoms with Gasteiger partial charge < -0.3 is 4.74 Å². The molecule has 0 atom stereocenters. The Labute approximate surface area is 95.6 Å². The molecule has 76 valence electrons. The van der Waals surface area contributed by atoms with Crippen molar-refractivity contribution in [2.45, 2.75) is 12.8 Å². The summed E-state index contributed by atoms with van der Waals surface area (Å²) < 4.78 is 18.1. The van der Waals surface area contributed by atoms with Crippen molar-refractivity contribution >= 4 is 28.6 Å². The third-order valence-electron chi connectivity index (χ3n) is 1.83. The summed E-state index contributed by atoms with van der Waals surface area (Å²) in [5, 5.41) is 0. The Morgan fingerprint density at radius 2 is 2.29 bits per heavy atom. The summed E-state index contributed by atoms with van der Waals surface area (Å²) in [6.45, 7) is 0. The quantitative estimate of drug-likeness (QED) is 0.633. The van der Waals surface area contributed by atoms with Gasteiger partial charge in [0.15, 0.2) is 0 Å². The van der Waals surface area contributed by atoms with Crippen LogP contribution in [0, 0.1) is 9.39 Å². The van der Waals surface area contributed by atoms with Crippen molar-refractivity contribution in [2.24, 2.45) is 0 Å². The van der Waals surface area contributed by atoms with Crippen LogP contribution in [0.3, 0.4) is 0 Å². The predicted octanol–water partition coefficient (Wildman–Crippen LogP) is 2.54. The van der Waals surface area contributed by atoms with E-state index in [-0.39, 0.29) is 18.2 Å². The van der Waals surface area contributed by atoms with Crippen LogP contribution in [0.15, 0.2) is 18.2 Å². The summed E-state index contributed by atoms with van der Waals surface area (Å²) in [6, 6.07) is 4.96. The van der Waals surface area contributed by atoms with Gasteiger partial charge in [-0.25, -0.2) is 4.39 Å². The Morgan fingerprint density at radius 1 is 1.57 bits per heavy atom. The first kappa shape index (κ1) is 11.4. The van der Waals surface area contributed by atoms with Gasteiger partial charge in [0.1, 0.15) is 5.82 Å². The molecule has 0 saturated heterocycles. The Morgan fingerprint density at radius 3 is 2.86 bits per heavy atom. The number of rotatable bonds is 3. The van der Waals surface area contributed by atoms with Gasteiger partial charge in [-0.3, -0.25) is 4.79 Å². The van der Waals surface area contributed by atoms with Crippen LogP contribution in [0.5, 0.6) is 0 Å². The molecule has 0 bridgehead atoms. The van der Waals surface area contributed by atoms with Crippen LogP contribution in [0.4, 0.5) is 4.39 Å². The molecular formula is C10H10FIO2. The topological polar surface area (TPSA) is 26.3 Å². The fourth-order valence-electron chi connectivity index (χ4n) is 1.04. The molecule has 0 aliphatic rings. The second-order valence-electron chi connectivity index (χ2n) is 2.82. The molecule has 0 aliphatic heterocycles. The van der Waals surface area contributed by atoms with Crippen LogP contribution in [-0.4, -0.2) is 13.1 Å². The molecule has 1 aromatic carbocycles. The minimum atomic E-state index is -0.274. The van der Waals surface area contributed by atoms with Crippen LogP contribution in [0.25, 0.3) is 0 Å². The SMILES string of the molecule is COC(=O)CCc1ccc(I)c(F)c1. The van der Waals surface area contributed by atoms with Crippen molar-refractivity contribution in [1.29, 1.82) is 0 Å². The highest BCUT2D eigenvalue weighted by Crippen LogP contribution is 2.13. The standard InChI is InChI=1S/C10H10FIO2/c1-14-10(13)5-3-7-2-4-9(12)8(11)6-7/h2,4,6H,3,5H2,1H3. The molecule has 0 saturated carbocycles. The number of esters is 1. The van der Waals surface area contributed by atoms with Crippen molar-refractivity contribution < 1.29 is 13.9 Å². The first-order chi connectivity index (χ1) is 6.63. The lowest BCUT2D eigenvalue weighted by atomic mass is 10.1. The monoisotopic (exact) mass is 308 g/mol. The fraction of sp³-hybridized carbons (Fsp3) is 0.300. The molecule has 0 heterocycles. The van der Waals surface area contributed by atoms with E-state index in [1.807, 2.05) is 28.7 Å². The molecule has 0 spiro atoms. The average Bonchev–Trinajstić information content (AvgIpc) is 2.19. The zero-order valence-corrected chi connectivity index (χ0v) is 9.88. The van der Waals surface area contributed by atoms with E-state index in [4.69, 9.17) is 0 Å². The zero-order valence-electron chi connectivity index (χ0n) is 7.72. The lowest BCUT2D eigenvalue weighted by Gasteiger charge is -2.01. The van der Waals surface area contributed by atoms with E-state index in [9.17, 15) is 9.18 Å². The van der Waals surface area contributed by atoms with Gasteiger partial charge in [0.2, 0.25) is 0 Å². The molecule has 0 radical (unpaired) electrons. The van der Waals surface area contributed by atoms with Gasteiger partial charge >= 0.3 is 5.97 Å². The van der Waals surface area contributed by atoms with Gasteiger partial charge in [0, 0.05) is 9.99 Å². The lowest BCUT2D eigenvalue weighted by Crippen LogP contribution is -2.02. The van der Waals surface area contributed by atoms with E-state index < -0.39 is 0 Å². The maximum Gasteiger partial charge on any atom is 0.305 e. The second kappa shape index (κ2) is 5.29. The average molecular weight is 308 g/mol. The van der Waals surface area contributed by atoms with E-state index in [1.54, 1.807) is 6.07 Å². The molecular weight excluding hydrogens is 298 g/mol. The number of carbonyl (C=O) groups excluding carboxylic acids is 1. The highest BCUT2D eigenvalue weighted by atomic mass is 127. The van der Waals surface area contributed by atoms with Crippen LogP contribution >= 0.6 is 22.6 Å². The maximum absolute atomic E-state index is 13.1. The van der Waals surface area contributed by atoms with Crippen molar-refractivity contribution in [2.75, 3.05) is 7.11 Å². The largest absolute Gasteiger partial charge is 0.469 e. The Hall–Kier alpha value is -0.650. The number of benzene rings is 1. The van der Waals surface area contributed by atoms with Gasteiger partial charge in [0.25, 0.3) is 0 Å². The lowest BCUT2D eigenvalue weighted by molar-refractivity contribution is -0.140. The molecule has 0 aliphatic carbocycles. The van der Waals surface area contributed by atoms with E-state index in [1.165, 1.54) is 13.2 Å². The zero-order chi connectivity index (χ0) is 10.6. The second-order valence-corrected chi connectivity index (χ2v) is 3.99. The summed E-state index contributed by atoms with van der Waals surface area (Å²) >= 11 is 1.92. The minimum absolute atomic E-state index is 0.243. The summed E-state index contributed by atoms with van der Waals surface area (Å²) in [4.78, 5) is 10.8. The van der Waals surface area contributed by atoms with Gasteiger partial charge in [0.05, 0.1) is 7.11 Å². The summed E-state index contributed by atoms with van der Waals surface area (Å²) in [7, 11) is 1.34. The van der Waals surface area contributed by atoms with E-state index in [0.29, 0.717) is 9.99 Å². The summed E-state index contributed by atoms with van der Waals surface area (Å²) in [6.07, 6.45) is 0.803. The predicted molar refractivity (Wildman–Crippen MR) is 59.5 cm³/mol. The Bertz CT molecular complexity index is 339. The van der Waals surface area contributed by atoms with Crippen LogP contribution in [-0.2, 0) is 16.0 Å². The Balaban J connectivity index is 2.60. The number of aryl methyl sites for hydroxylation is 1. The number of ether oxygens (including phenoxy) is 1. The molecule has 1 aromatic rings. The van der Waals surface area contributed by atoms with Crippen molar-refractivity contribution in [3.63, 3.8) is 0 Å². The first-order valence-corrected chi connectivity index (χ1v) is 5.22. The number of hydrogen-bond donors (Lipinski definition) is 0. The molecule has 2 nitrogen and oxygen atoms in total. The molecule has 0 amide bonds. The third-order valence-corrected chi connectivity index (χ3v) is 2.70. The van der Waals surface area contributed by atoms with Crippen molar-refractivity contribution in [3.8, 4) is 0 Å². The molecule has 0 N–H and O–H groups in total. The van der Waals surface area contributed by atoms with Gasteiger partial charge in [-0.2, -0.15) is 0 Å². The van der Waals surface area contributed by atoms with Gasteiger partial charge in [-0.05, 0) is 46.7 Å².